The second kappa shape index (κ2) is 12.8. The Bertz CT molecular complexity index is 712. The van der Waals surface area contributed by atoms with Crippen LogP contribution in [0.15, 0.2) is 29.3 Å². The van der Waals surface area contributed by atoms with Crippen molar-refractivity contribution in [3.63, 3.8) is 0 Å². The van der Waals surface area contributed by atoms with Crippen molar-refractivity contribution in [3.8, 4) is 0 Å². The van der Waals surface area contributed by atoms with Gasteiger partial charge in [-0.05, 0) is 35.6 Å². The van der Waals surface area contributed by atoms with E-state index in [1.54, 1.807) is 0 Å². The molecule has 6 nitrogen and oxygen atoms in total. The first-order valence-electron chi connectivity index (χ1n) is 11.6. The number of hydrogen-bond acceptors (Lipinski definition) is 5. The zero-order valence-corrected chi connectivity index (χ0v) is 23.2. The van der Waals surface area contributed by atoms with Gasteiger partial charge in [0.1, 0.15) is 0 Å². The molecule has 3 rings (SSSR count). The van der Waals surface area contributed by atoms with Crippen molar-refractivity contribution >= 4 is 41.7 Å². The van der Waals surface area contributed by atoms with Crippen LogP contribution in [0.3, 0.4) is 0 Å². The van der Waals surface area contributed by atoms with Crippen molar-refractivity contribution in [2.75, 3.05) is 57.4 Å². The number of thioether (sulfide) groups is 1. The number of morpholine rings is 1. The van der Waals surface area contributed by atoms with Gasteiger partial charge in [-0.1, -0.05) is 45.0 Å². The van der Waals surface area contributed by atoms with Crippen LogP contribution < -0.4 is 10.6 Å². The van der Waals surface area contributed by atoms with Gasteiger partial charge in [0, 0.05) is 31.9 Å². The number of aliphatic hydroxyl groups excluding tert-OH is 1. The second-order valence-corrected chi connectivity index (χ2v) is 10.7. The Hall–Kier alpha value is -0.550. The molecule has 0 bridgehead atoms. The van der Waals surface area contributed by atoms with Crippen LogP contribution in [0.1, 0.15) is 51.3 Å². The number of halogens is 1. The fraction of sp³-hybridized carbons (Fsp3) is 0.708. The van der Waals surface area contributed by atoms with E-state index < -0.39 is 6.10 Å². The molecule has 182 valence electrons. The number of ether oxygens (including phenoxy) is 1. The molecule has 8 heteroatoms. The first-order valence-corrected chi connectivity index (χ1v) is 12.7. The fourth-order valence-electron chi connectivity index (χ4n) is 4.19. The Balaban J connectivity index is 0.00000363. The minimum absolute atomic E-state index is 0. The number of aliphatic imine (C=N–C) groups is 1. The van der Waals surface area contributed by atoms with Gasteiger partial charge in [-0.2, -0.15) is 11.8 Å². The SMILES string of the molecule is CCNC(=NCC1(N2CCOCC2)CCSC1)NCC(O)c1ccc(C(C)(C)C)cc1.I. The average molecular weight is 577 g/mol. The highest BCUT2D eigenvalue weighted by Gasteiger charge is 2.40. The maximum Gasteiger partial charge on any atom is 0.191 e. The largest absolute Gasteiger partial charge is 0.387 e. The number of nitrogens with one attached hydrogen (secondary N) is 2. The summed E-state index contributed by atoms with van der Waals surface area (Å²) in [6.07, 6.45) is 0.594. The van der Waals surface area contributed by atoms with E-state index in [9.17, 15) is 5.11 Å². The third-order valence-corrected chi connectivity index (χ3v) is 7.50. The number of guanidine groups is 1. The quantitative estimate of drug-likeness (QED) is 0.263. The van der Waals surface area contributed by atoms with Crippen molar-refractivity contribution < 1.29 is 9.84 Å². The summed E-state index contributed by atoms with van der Waals surface area (Å²) in [5.74, 6) is 3.09. The monoisotopic (exact) mass is 576 g/mol. The molecule has 2 fully saturated rings. The minimum atomic E-state index is -0.576. The molecule has 2 saturated heterocycles. The Morgan fingerprint density at radius 2 is 1.91 bits per heavy atom. The van der Waals surface area contributed by atoms with Crippen molar-refractivity contribution in [2.24, 2.45) is 4.99 Å². The molecule has 32 heavy (non-hydrogen) atoms. The third kappa shape index (κ3) is 7.48. The van der Waals surface area contributed by atoms with Crippen molar-refractivity contribution in [2.45, 2.75) is 51.2 Å². The molecular weight excluding hydrogens is 535 g/mol. The Morgan fingerprint density at radius 1 is 1.22 bits per heavy atom. The molecule has 0 radical (unpaired) electrons. The van der Waals surface area contributed by atoms with Crippen LogP contribution in [-0.2, 0) is 10.2 Å². The molecule has 0 saturated carbocycles. The first kappa shape index (κ1) is 27.7. The van der Waals surface area contributed by atoms with Crippen molar-refractivity contribution in [1.82, 2.24) is 15.5 Å². The molecule has 0 aromatic heterocycles. The highest BCUT2D eigenvalue weighted by molar-refractivity contribution is 14.0. The lowest BCUT2D eigenvalue weighted by atomic mass is 9.86. The van der Waals surface area contributed by atoms with E-state index in [1.807, 2.05) is 23.9 Å². The van der Waals surface area contributed by atoms with Gasteiger partial charge in [-0.3, -0.25) is 9.89 Å². The van der Waals surface area contributed by atoms with Gasteiger partial charge in [-0.25, -0.2) is 0 Å². The standard InChI is InChI=1S/C24H40N4O2S.HI/c1-5-25-22(26-16-21(29)19-6-8-20(9-7-19)23(2,3)4)27-17-24(10-15-31-18-24)28-11-13-30-14-12-28;/h6-9,21,29H,5,10-18H2,1-4H3,(H2,25,26,27);1H. The summed E-state index contributed by atoms with van der Waals surface area (Å²) in [6, 6.07) is 8.28. The predicted octanol–water partition coefficient (Wildman–Crippen LogP) is 3.40. The maximum atomic E-state index is 10.7. The second-order valence-electron chi connectivity index (χ2n) is 9.59. The van der Waals surface area contributed by atoms with Gasteiger partial charge in [0.25, 0.3) is 0 Å². The highest BCUT2D eigenvalue weighted by Crippen LogP contribution is 2.34. The molecule has 2 atom stereocenters. The Morgan fingerprint density at radius 3 is 2.47 bits per heavy atom. The molecule has 0 amide bonds. The molecule has 1 aromatic rings. The number of nitrogens with zero attached hydrogens (tertiary/aromatic N) is 2. The summed E-state index contributed by atoms with van der Waals surface area (Å²) >= 11 is 2.03. The zero-order chi connectivity index (χ0) is 22.3. The molecule has 3 N–H and O–H groups in total. The molecule has 2 heterocycles. The Kier molecular flexibility index (Phi) is 11.1. The van der Waals surface area contributed by atoms with Gasteiger partial charge in [-0.15, -0.1) is 24.0 Å². The van der Waals surface area contributed by atoms with Crippen LogP contribution in [-0.4, -0.2) is 78.9 Å². The summed E-state index contributed by atoms with van der Waals surface area (Å²) in [7, 11) is 0. The smallest absolute Gasteiger partial charge is 0.191 e. The van der Waals surface area contributed by atoms with E-state index in [4.69, 9.17) is 9.73 Å². The van der Waals surface area contributed by atoms with Gasteiger partial charge < -0.3 is 20.5 Å². The number of aliphatic hydroxyl groups is 1. The summed E-state index contributed by atoms with van der Waals surface area (Å²) in [4.78, 5) is 7.52. The summed E-state index contributed by atoms with van der Waals surface area (Å²) in [5.41, 5.74) is 2.43. The number of benzene rings is 1. The van der Waals surface area contributed by atoms with Gasteiger partial charge in [0.05, 0.1) is 31.4 Å². The lowest BCUT2D eigenvalue weighted by Gasteiger charge is -2.42. The van der Waals surface area contributed by atoms with E-state index in [-0.39, 0.29) is 34.9 Å². The van der Waals surface area contributed by atoms with Crippen LogP contribution in [0, 0.1) is 0 Å². The number of hydrogen-bond donors (Lipinski definition) is 3. The molecule has 0 aliphatic carbocycles. The summed E-state index contributed by atoms with van der Waals surface area (Å²) < 4.78 is 5.56. The van der Waals surface area contributed by atoms with Crippen LogP contribution in [0.5, 0.6) is 0 Å². The summed E-state index contributed by atoms with van der Waals surface area (Å²) in [6.45, 7) is 14.3. The normalized spacial score (nSPS) is 23.5. The zero-order valence-electron chi connectivity index (χ0n) is 20.0. The first-order chi connectivity index (χ1) is 14.8. The van der Waals surface area contributed by atoms with E-state index in [2.05, 4.69) is 55.4 Å². The van der Waals surface area contributed by atoms with E-state index in [1.165, 1.54) is 17.7 Å². The fourth-order valence-corrected chi connectivity index (χ4v) is 5.66. The highest BCUT2D eigenvalue weighted by atomic mass is 127. The van der Waals surface area contributed by atoms with Crippen molar-refractivity contribution in [1.29, 1.82) is 0 Å². The maximum absolute atomic E-state index is 10.7. The molecular formula is C24H41IN4O2S. The summed E-state index contributed by atoms with van der Waals surface area (Å²) in [5, 5.41) is 17.4. The van der Waals surface area contributed by atoms with Crippen LogP contribution in [0.2, 0.25) is 0 Å². The predicted molar refractivity (Wildman–Crippen MR) is 147 cm³/mol. The topological polar surface area (TPSA) is 69.1 Å². The lowest BCUT2D eigenvalue weighted by molar-refractivity contribution is -0.0104. The van der Waals surface area contributed by atoms with E-state index >= 15 is 0 Å². The van der Waals surface area contributed by atoms with E-state index in [0.29, 0.717) is 6.54 Å². The van der Waals surface area contributed by atoms with Crippen LogP contribution in [0.4, 0.5) is 0 Å². The third-order valence-electron chi connectivity index (χ3n) is 6.26. The van der Waals surface area contributed by atoms with Crippen LogP contribution in [0.25, 0.3) is 0 Å². The van der Waals surface area contributed by atoms with Gasteiger partial charge in [0.2, 0.25) is 0 Å². The average Bonchev–Trinajstić information content (AvgIpc) is 3.26. The van der Waals surface area contributed by atoms with Crippen LogP contribution >= 0.6 is 35.7 Å². The lowest BCUT2D eigenvalue weighted by Crippen LogP contribution is -2.56. The van der Waals surface area contributed by atoms with Gasteiger partial charge >= 0.3 is 0 Å². The van der Waals surface area contributed by atoms with Gasteiger partial charge in [0.15, 0.2) is 5.96 Å². The molecule has 0 spiro atoms. The Labute approximate surface area is 215 Å². The minimum Gasteiger partial charge on any atom is -0.387 e. The number of rotatable bonds is 7. The molecule has 2 aliphatic heterocycles. The van der Waals surface area contributed by atoms with Crippen molar-refractivity contribution in [3.05, 3.63) is 35.4 Å². The molecule has 1 aromatic carbocycles. The molecule has 2 aliphatic rings. The van der Waals surface area contributed by atoms with E-state index in [0.717, 1.165) is 56.7 Å². The molecule has 2 unspecified atom stereocenters.